The third-order valence-corrected chi connectivity index (χ3v) is 3.03. The Balaban J connectivity index is 2.22. The lowest BCUT2D eigenvalue weighted by Gasteiger charge is -2.05. The van der Waals surface area contributed by atoms with Gasteiger partial charge in [-0.2, -0.15) is 0 Å². The zero-order valence-electron chi connectivity index (χ0n) is 10.2. The Bertz CT molecular complexity index is 566. The van der Waals surface area contributed by atoms with Crippen LogP contribution >= 0.6 is 11.6 Å². The first-order valence-electron chi connectivity index (χ1n) is 5.92. The van der Waals surface area contributed by atoms with Gasteiger partial charge in [-0.1, -0.05) is 36.7 Å². The van der Waals surface area contributed by atoms with Crippen LogP contribution in [0.15, 0.2) is 42.6 Å². The van der Waals surface area contributed by atoms with Crippen LogP contribution < -0.4 is 0 Å². The standard InChI is InChI=1S/C15H14ClNO/c1-2-12-6-4-8-17-15(12)14(18)10-11-5-3-7-13(16)9-11/h3-9H,2,10H2,1H3. The predicted molar refractivity (Wildman–Crippen MR) is 73.1 cm³/mol. The molecule has 0 radical (unpaired) electrons. The van der Waals surface area contributed by atoms with E-state index in [1.54, 1.807) is 12.3 Å². The van der Waals surface area contributed by atoms with Gasteiger partial charge in [0.15, 0.2) is 5.78 Å². The van der Waals surface area contributed by atoms with Crippen LogP contribution in [0.4, 0.5) is 0 Å². The van der Waals surface area contributed by atoms with Crippen LogP contribution in [-0.4, -0.2) is 10.8 Å². The third-order valence-electron chi connectivity index (χ3n) is 2.79. The molecule has 3 heteroatoms. The van der Waals surface area contributed by atoms with Gasteiger partial charge in [-0.05, 0) is 35.7 Å². The average molecular weight is 260 g/mol. The summed E-state index contributed by atoms with van der Waals surface area (Å²) in [4.78, 5) is 16.4. The summed E-state index contributed by atoms with van der Waals surface area (Å²) in [6, 6.07) is 11.2. The number of hydrogen-bond acceptors (Lipinski definition) is 2. The summed E-state index contributed by atoms with van der Waals surface area (Å²) < 4.78 is 0. The second-order valence-electron chi connectivity index (χ2n) is 4.09. The Morgan fingerprint density at radius 3 is 2.83 bits per heavy atom. The number of Topliss-reactive ketones (excluding diaryl/α,β-unsaturated/α-hetero) is 1. The monoisotopic (exact) mass is 259 g/mol. The molecule has 1 heterocycles. The van der Waals surface area contributed by atoms with E-state index in [1.165, 1.54) is 0 Å². The van der Waals surface area contributed by atoms with Crippen molar-refractivity contribution in [3.05, 3.63) is 64.4 Å². The molecule has 2 aromatic rings. The Morgan fingerprint density at radius 1 is 1.28 bits per heavy atom. The van der Waals surface area contributed by atoms with Crippen LogP contribution in [0.5, 0.6) is 0 Å². The Morgan fingerprint density at radius 2 is 2.11 bits per heavy atom. The van der Waals surface area contributed by atoms with Crippen LogP contribution in [0.1, 0.15) is 28.5 Å². The lowest BCUT2D eigenvalue weighted by Crippen LogP contribution is -2.09. The molecule has 92 valence electrons. The van der Waals surface area contributed by atoms with E-state index in [-0.39, 0.29) is 5.78 Å². The number of aromatic nitrogens is 1. The first-order valence-corrected chi connectivity index (χ1v) is 6.30. The topological polar surface area (TPSA) is 30.0 Å². The normalized spacial score (nSPS) is 10.3. The van der Waals surface area contributed by atoms with E-state index in [2.05, 4.69) is 4.98 Å². The number of rotatable bonds is 4. The van der Waals surface area contributed by atoms with Crippen molar-refractivity contribution in [3.63, 3.8) is 0 Å². The SMILES string of the molecule is CCc1cccnc1C(=O)Cc1cccc(Cl)c1. The molecule has 0 aliphatic heterocycles. The molecule has 0 bridgehead atoms. The summed E-state index contributed by atoms with van der Waals surface area (Å²) >= 11 is 5.91. The fraction of sp³-hybridized carbons (Fsp3) is 0.200. The van der Waals surface area contributed by atoms with Crippen LogP contribution in [0, 0.1) is 0 Å². The van der Waals surface area contributed by atoms with Crippen LogP contribution in [0.25, 0.3) is 0 Å². The van der Waals surface area contributed by atoms with Gasteiger partial charge >= 0.3 is 0 Å². The van der Waals surface area contributed by atoms with Crippen molar-refractivity contribution in [2.45, 2.75) is 19.8 Å². The molecule has 18 heavy (non-hydrogen) atoms. The van der Waals surface area contributed by atoms with E-state index >= 15 is 0 Å². The van der Waals surface area contributed by atoms with Gasteiger partial charge in [-0.15, -0.1) is 0 Å². The van der Waals surface area contributed by atoms with E-state index in [0.717, 1.165) is 17.5 Å². The molecule has 0 saturated carbocycles. The maximum absolute atomic E-state index is 12.2. The van der Waals surface area contributed by atoms with Crippen molar-refractivity contribution in [3.8, 4) is 0 Å². The van der Waals surface area contributed by atoms with Gasteiger partial charge in [0, 0.05) is 17.6 Å². The molecule has 2 nitrogen and oxygen atoms in total. The molecule has 0 aliphatic carbocycles. The zero-order chi connectivity index (χ0) is 13.0. The minimum absolute atomic E-state index is 0.0368. The number of hydrogen-bond donors (Lipinski definition) is 0. The third kappa shape index (κ3) is 2.96. The minimum atomic E-state index is 0.0368. The Hall–Kier alpha value is -1.67. The number of carbonyl (C=O) groups excluding carboxylic acids is 1. The van der Waals surface area contributed by atoms with Gasteiger partial charge < -0.3 is 0 Å². The van der Waals surface area contributed by atoms with Crippen molar-refractivity contribution in [2.75, 3.05) is 0 Å². The van der Waals surface area contributed by atoms with Crippen LogP contribution in [0.2, 0.25) is 5.02 Å². The number of aryl methyl sites for hydroxylation is 1. The highest BCUT2D eigenvalue weighted by Gasteiger charge is 2.12. The van der Waals surface area contributed by atoms with E-state index in [9.17, 15) is 4.79 Å². The zero-order valence-corrected chi connectivity index (χ0v) is 10.9. The Labute approximate surface area is 112 Å². The maximum Gasteiger partial charge on any atom is 0.185 e. The van der Waals surface area contributed by atoms with E-state index in [4.69, 9.17) is 11.6 Å². The molecule has 1 aromatic carbocycles. The van der Waals surface area contributed by atoms with Crippen molar-refractivity contribution < 1.29 is 4.79 Å². The van der Waals surface area contributed by atoms with Crippen molar-refractivity contribution >= 4 is 17.4 Å². The van der Waals surface area contributed by atoms with E-state index < -0.39 is 0 Å². The molecule has 0 N–H and O–H groups in total. The van der Waals surface area contributed by atoms with Gasteiger partial charge in [0.05, 0.1) is 0 Å². The van der Waals surface area contributed by atoms with Crippen molar-refractivity contribution in [2.24, 2.45) is 0 Å². The van der Waals surface area contributed by atoms with Crippen LogP contribution in [-0.2, 0) is 12.8 Å². The smallest absolute Gasteiger partial charge is 0.185 e. The van der Waals surface area contributed by atoms with Crippen molar-refractivity contribution in [1.29, 1.82) is 0 Å². The number of benzene rings is 1. The first kappa shape index (κ1) is 12.8. The number of carbonyl (C=O) groups is 1. The lowest BCUT2D eigenvalue weighted by atomic mass is 10.0. The fourth-order valence-corrected chi connectivity index (χ4v) is 2.10. The largest absolute Gasteiger partial charge is 0.292 e. The molecule has 2 rings (SSSR count). The Kier molecular flexibility index (Phi) is 4.11. The van der Waals surface area contributed by atoms with E-state index in [0.29, 0.717) is 17.1 Å². The number of ketones is 1. The number of halogens is 1. The molecule has 0 unspecified atom stereocenters. The summed E-state index contributed by atoms with van der Waals surface area (Å²) in [5.74, 6) is 0.0368. The average Bonchev–Trinajstić information content (AvgIpc) is 2.38. The van der Waals surface area contributed by atoms with Gasteiger partial charge in [0.1, 0.15) is 5.69 Å². The highest BCUT2D eigenvalue weighted by molar-refractivity contribution is 6.30. The van der Waals surface area contributed by atoms with Gasteiger partial charge in [0.2, 0.25) is 0 Å². The molecule has 0 fully saturated rings. The minimum Gasteiger partial charge on any atom is -0.292 e. The molecule has 0 spiro atoms. The highest BCUT2D eigenvalue weighted by atomic mass is 35.5. The highest BCUT2D eigenvalue weighted by Crippen LogP contribution is 2.14. The lowest BCUT2D eigenvalue weighted by molar-refractivity contribution is 0.0987. The molecule has 0 saturated heterocycles. The summed E-state index contributed by atoms with van der Waals surface area (Å²) in [6.07, 6.45) is 2.80. The summed E-state index contributed by atoms with van der Waals surface area (Å²) in [5.41, 5.74) is 2.48. The second kappa shape index (κ2) is 5.78. The quantitative estimate of drug-likeness (QED) is 0.784. The number of nitrogens with zero attached hydrogens (tertiary/aromatic N) is 1. The summed E-state index contributed by atoms with van der Waals surface area (Å²) in [7, 11) is 0. The van der Waals surface area contributed by atoms with Crippen LogP contribution in [0.3, 0.4) is 0 Å². The molecule has 0 amide bonds. The van der Waals surface area contributed by atoms with E-state index in [1.807, 2.05) is 37.3 Å². The molecular formula is C15H14ClNO. The number of pyridine rings is 1. The fourth-order valence-electron chi connectivity index (χ4n) is 1.89. The summed E-state index contributed by atoms with van der Waals surface area (Å²) in [6.45, 7) is 2.02. The van der Waals surface area contributed by atoms with Crippen molar-refractivity contribution in [1.82, 2.24) is 4.98 Å². The summed E-state index contributed by atoms with van der Waals surface area (Å²) in [5, 5.41) is 0.650. The molecular weight excluding hydrogens is 246 g/mol. The molecule has 0 aliphatic rings. The first-order chi connectivity index (χ1) is 8.70. The predicted octanol–water partition coefficient (Wildman–Crippen LogP) is 3.72. The second-order valence-corrected chi connectivity index (χ2v) is 4.53. The maximum atomic E-state index is 12.2. The van der Waals surface area contributed by atoms with Gasteiger partial charge in [0.25, 0.3) is 0 Å². The molecule has 0 atom stereocenters. The van der Waals surface area contributed by atoms with Gasteiger partial charge in [-0.3, -0.25) is 9.78 Å². The van der Waals surface area contributed by atoms with Gasteiger partial charge in [-0.25, -0.2) is 0 Å². The molecule has 1 aromatic heterocycles.